The van der Waals surface area contributed by atoms with E-state index >= 15 is 0 Å². The van der Waals surface area contributed by atoms with Crippen LogP contribution in [-0.4, -0.2) is 19.3 Å². The minimum Gasteiger partial charge on any atom is -0.313 e. The molecule has 4 heteroatoms. The Hall–Kier alpha value is -0.510. The van der Waals surface area contributed by atoms with Gasteiger partial charge in [-0.3, -0.25) is 0 Å². The van der Waals surface area contributed by atoms with Gasteiger partial charge in [-0.15, -0.1) is 0 Å². The van der Waals surface area contributed by atoms with Crippen LogP contribution in [0, 0.1) is 0 Å². The molecule has 1 aliphatic rings. The highest BCUT2D eigenvalue weighted by atomic mass is 19.4. The third-order valence-corrected chi connectivity index (χ3v) is 1.53. The van der Waals surface area contributed by atoms with Crippen LogP contribution < -0.4 is 5.32 Å². The Bertz CT molecular complexity index is 160. The molecule has 0 atom stereocenters. The van der Waals surface area contributed by atoms with Gasteiger partial charge in [0.2, 0.25) is 0 Å². The molecule has 0 aromatic carbocycles. The Balaban J connectivity index is 2.42. The molecular formula is C7H10F3N. The lowest BCUT2D eigenvalue weighted by molar-refractivity contribution is -0.127. The summed E-state index contributed by atoms with van der Waals surface area (Å²) >= 11 is 0. The maximum absolute atomic E-state index is 11.8. The Morgan fingerprint density at radius 3 is 2.64 bits per heavy atom. The lowest BCUT2D eigenvalue weighted by atomic mass is 10.1. The van der Waals surface area contributed by atoms with Crippen molar-refractivity contribution in [1.29, 1.82) is 0 Å². The van der Waals surface area contributed by atoms with E-state index in [1.807, 2.05) is 0 Å². The first-order valence-corrected chi connectivity index (χ1v) is 3.53. The molecule has 0 amide bonds. The molecule has 0 spiro atoms. The van der Waals surface area contributed by atoms with Crippen molar-refractivity contribution < 1.29 is 13.2 Å². The molecule has 1 N–H and O–H groups in total. The summed E-state index contributed by atoms with van der Waals surface area (Å²) in [6.45, 7) is 1.18. The quantitative estimate of drug-likeness (QED) is 0.585. The highest BCUT2D eigenvalue weighted by Crippen LogP contribution is 2.24. The van der Waals surface area contributed by atoms with E-state index in [1.165, 1.54) is 0 Å². The van der Waals surface area contributed by atoms with Crippen molar-refractivity contribution >= 4 is 0 Å². The van der Waals surface area contributed by atoms with Crippen LogP contribution in [0.5, 0.6) is 0 Å². The largest absolute Gasteiger partial charge is 0.392 e. The minimum atomic E-state index is -4.05. The summed E-state index contributed by atoms with van der Waals surface area (Å²) in [6, 6.07) is 0. The molecule has 1 aliphatic heterocycles. The third-order valence-electron chi connectivity index (χ3n) is 1.53. The molecule has 0 radical (unpaired) electrons. The Morgan fingerprint density at radius 1 is 1.45 bits per heavy atom. The zero-order chi connectivity index (χ0) is 8.32. The summed E-state index contributed by atoms with van der Waals surface area (Å²) in [6.07, 6.45) is -2.43. The second kappa shape index (κ2) is 3.26. The van der Waals surface area contributed by atoms with Gasteiger partial charge in [0.1, 0.15) is 0 Å². The summed E-state index contributed by atoms with van der Waals surface area (Å²) in [5.41, 5.74) is 0.462. The van der Waals surface area contributed by atoms with Gasteiger partial charge in [-0.2, -0.15) is 13.2 Å². The standard InChI is InChI=1S/C7H10F3N/c8-7(9,10)4-6-2-1-3-11-5-6/h2,11H,1,3-5H2. The fourth-order valence-corrected chi connectivity index (χ4v) is 1.09. The smallest absolute Gasteiger partial charge is 0.313 e. The molecule has 0 unspecified atom stereocenters. The van der Waals surface area contributed by atoms with E-state index in [4.69, 9.17) is 0 Å². The van der Waals surface area contributed by atoms with Crippen molar-refractivity contribution in [3.63, 3.8) is 0 Å². The van der Waals surface area contributed by atoms with Gasteiger partial charge in [-0.05, 0) is 13.0 Å². The van der Waals surface area contributed by atoms with E-state index in [9.17, 15) is 13.2 Å². The number of rotatable bonds is 1. The molecule has 64 valence electrons. The maximum atomic E-state index is 11.8. The van der Waals surface area contributed by atoms with E-state index < -0.39 is 12.6 Å². The first-order chi connectivity index (χ1) is 5.08. The molecular weight excluding hydrogens is 155 g/mol. The monoisotopic (exact) mass is 165 g/mol. The molecule has 0 fully saturated rings. The van der Waals surface area contributed by atoms with Crippen molar-refractivity contribution in [1.82, 2.24) is 5.32 Å². The van der Waals surface area contributed by atoms with E-state index in [-0.39, 0.29) is 0 Å². The van der Waals surface area contributed by atoms with Crippen molar-refractivity contribution in [2.24, 2.45) is 0 Å². The van der Waals surface area contributed by atoms with Gasteiger partial charge in [0, 0.05) is 6.54 Å². The molecule has 1 nitrogen and oxygen atoms in total. The fourth-order valence-electron chi connectivity index (χ4n) is 1.09. The summed E-state index contributed by atoms with van der Waals surface area (Å²) in [7, 11) is 0. The first kappa shape index (κ1) is 8.59. The molecule has 0 aliphatic carbocycles. The van der Waals surface area contributed by atoms with Crippen LogP contribution in [0.15, 0.2) is 11.6 Å². The minimum absolute atomic E-state index is 0.388. The Morgan fingerprint density at radius 2 is 2.18 bits per heavy atom. The zero-order valence-corrected chi connectivity index (χ0v) is 6.04. The summed E-state index contributed by atoms with van der Waals surface area (Å²) in [4.78, 5) is 0. The van der Waals surface area contributed by atoms with E-state index in [0.29, 0.717) is 18.5 Å². The normalized spacial score (nSPS) is 19.7. The molecule has 0 aromatic rings. The second-order valence-corrected chi connectivity index (χ2v) is 2.62. The van der Waals surface area contributed by atoms with Gasteiger partial charge in [0.15, 0.2) is 0 Å². The lowest BCUT2D eigenvalue weighted by Gasteiger charge is -2.15. The predicted octanol–water partition coefficient (Wildman–Crippen LogP) is 1.86. The molecule has 1 heterocycles. The van der Waals surface area contributed by atoms with Crippen molar-refractivity contribution in [2.45, 2.75) is 19.0 Å². The van der Waals surface area contributed by atoms with Gasteiger partial charge >= 0.3 is 6.18 Å². The van der Waals surface area contributed by atoms with Crippen LogP contribution in [-0.2, 0) is 0 Å². The van der Waals surface area contributed by atoms with Crippen LogP contribution >= 0.6 is 0 Å². The fraction of sp³-hybridized carbons (Fsp3) is 0.714. The molecule has 11 heavy (non-hydrogen) atoms. The summed E-state index contributed by atoms with van der Waals surface area (Å²) < 4.78 is 35.3. The molecule has 0 aromatic heterocycles. The number of nitrogens with one attached hydrogen (secondary N) is 1. The number of alkyl halides is 3. The summed E-state index contributed by atoms with van der Waals surface area (Å²) in [5, 5.41) is 2.89. The van der Waals surface area contributed by atoms with E-state index in [1.54, 1.807) is 6.08 Å². The second-order valence-electron chi connectivity index (χ2n) is 2.62. The first-order valence-electron chi connectivity index (χ1n) is 3.53. The predicted molar refractivity (Wildman–Crippen MR) is 36.2 cm³/mol. The average molecular weight is 165 g/mol. The van der Waals surface area contributed by atoms with Gasteiger partial charge in [0.25, 0.3) is 0 Å². The number of halogens is 3. The van der Waals surface area contributed by atoms with Crippen LogP contribution in [0.2, 0.25) is 0 Å². The lowest BCUT2D eigenvalue weighted by Crippen LogP contribution is -2.24. The molecule has 0 saturated heterocycles. The van der Waals surface area contributed by atoms with Crippen LogP contribution in [0.3, 0.4) is 0 Å². The van der Waals surface area contributed by atoms with E-state index in [2.05, 4.69) is 5.32 Å². The van der Waals surface area contributed by atoms with Gasteiger partial charge < -0.3 is 5.32 Å². The Labute approximate surface area is 63.3 Å². The molecule has 0 bridgehead atoms. The van der Waals surface area contributed by atoms with Crippen molar-refractivity contribution in [3.05, 3.63) is 11.6 Å². The highest BCUT2D eigenvalue weighted by molar-refractivity contribution is 5.08. The van der Waals surface area contributed by atoms with Crippen molar-refractivity contribution in [2.75, 3.05) is 13.1 Å². The SMILES string of the molecule is FC(F)(F)CC1=CCCNC1. The van der Waals surface area contributed by atoms with Crippen LogP contribution in [0.4, 0.5) is 13.2 Å². The van der Waals surface area contributed by atoms with Crippen LogP contribution in [0.1, 0.15) is 12.8 Å². The third kappa shape index (κ3) is 3.41. The van der Waals surface area contributed by atoms with Crippen LogP contribution in [0.25, 0.3) is 0 Å². The Kier molecular flexibility index (Phi) is 2.54. The molecule has 1 rings (SSSR count). The average Bonchev–Trinajstić information content (AvgIpc) is 1.85. The van der Waals surface area contributed by atoms with Crippen molar-refractivity contribution in [3.8, 4) is 0 Å². The maximum Gasteiger partial charge on any atom is 0.392 e. The summed E-state index contributed by atoms with van der Waals surface area (Å²) in [5.74, 6) is 0. The topological polar surface area (TPSA) is 12.0 Å². The zero-order valence-electron chi connectivity index (χ0n) is 6.04. The highest BCUT2D eigenvalue weighted by Gasteiger charge is 2.28. The van der Waals surface area contributed by atoms with E-state index in [0.717, 1.165) is 6.54 Å². The van der Waals surface area contributed by atoms with Gasteiger partial charge in [-0.25, -0.2) is 0 Å². The van der Waals surface area contributed by atoms with Gasteiger partial charge in [0.05, 0.1) is 6.42 Å². The van der Waals surface area contributed by atoms with Gasteiger partial charge in [-0.1, -0.05) is 11.6 Å². The number of hydrogen-bond donors (Lipinski definition) is 1. The number of hydrogen-bond acceptors (Lipinski definition) is 1. The molecule has 0 saturated carbocycles.